The summed E-state index contributed by atoms with van der Waals surface area (Å²) in [5.74, 6) is -3.25. The van der Waals surface area contributed by atoms with E-state index in [2.05, 4.69) is 0 Å². The summed E-state index contributed by atoms with van der Waals surface area (Å²) < 4.78 is 0. The molecule has 4 nitrogen and oxygen atoms in total. The Labute approximate surface area is 98.1 Å². The van der Waals surface area contributed by atoms with Crippen molar-refractivity contribution in [1.29, 1.82) is 0 Å². The van der Waals surface area contributed by atoms with Gasteiger partial charge in [-0.05, 0) is 6.08 Å². The molecule has 0 bridgehead atoms. The molecule has 0 atom stereocenters. The number of carbonyl (C=O) groups excluding carboxylic acids is 1. The first-order valence-electron chi connectivity index (χ1n) is 5.15. The van der Waals surface area contributed by atoms with Crippen LogP contribution in [0.15, 0.2) is 48.1 Å². The highest BCUT2D eigenvalue weighted by molar-refractivity contribution is 5.98. The molecule has 88 valence electrons. The number of rotatable bonds is 1. The van der Waals surface area contributed by atoms with E-state index in [9.17, 15) is 20.1 Å². The van der Waals surface area contributed by atoms with Gasteiger partial charge in [-0.15, -0.1) is 0 Å². The number of hydrogen-bond donors (Lipinski definition) is 3. The van der Waals surface area contributed by atoms with E-state index in [1.807, 2.05) is 6.07 Å². The van der Waals surface area contributed by atoms with E-state index in [1.54, 1.807) is 24.3 Å². The van der Waals surface area contributed by atoms with E-state index in [1.165, 1.54) is 6.08 Å². The second-order valence-electron chi connectivity index (χ2n) is 3.93. The molecule has 2 rings (SSSR count). The van der Waals surface area contributed by atoms with Gasteiger partial charge in [0.2, 0.25) is 11.6 Å². The minimum Gasteiger partial charge on any atom is -0.507 e. The lowest BCUT2D eigenvalue weighted by Gasteiger charge is -2.23. The van der Waals surface area contributed by atoms with Crippen molar-refractivity contribution in [2.24, 2.45) is 0 Å². The molecule has 1 aliphatic carbocycles. The zero-order valence-electron chi connectivity index (χ0n) is 9.00. The van der Waals surface area contributed by atoms with Crippen LogP contribution >= 0.6 is 0 Å². The maximum Gasteiger partial charge on any atom is 0.232 e. The van der Waals surface area contributed by atoms with Crippen LogP contribution in [0.4, 0.5) is 0 Å². The number of benzene rings is 1. The standard InChI is InChI=1S/C13H12O4/c14-11-7-6-10(8-13(11,16)17)12(15)9-4-2-1-3-5-9/h1-7,15-17H,8H2. The molecule has 1 aliphatic rings. The summed E-state index contributed by atoms with van der Waals surface area (Å²) in [5, 5.41) is 28.8. The predicted octanol–water partition coefficient (Wildman–Crippen LogP) is 1.17. The van der Waals surface area contributed by atoms with Gasteiger partial charge in [0.1, 0.15) is 5.76 Å². The van der Waals surface area contributed by atoms with Crippen molar-refractivity contribution in [2.45, 2.75) is 12.2 Å². The number of aliphatic hydroxyl groups is 3. The van der Waals surface area contributed by atoms with Crippen LogP contribution in [-0.4, -0.2) is 26.9 Å². The zero-order valence-corrected chi connectivity index (χ0v) is 9.00. The largest absolute Gasteiger partial charge is 0.507 e. The Hall–Kier alpha value is -1.91. The van der Waals surface area contributed by atoms with E-state index in [4.69, 9.17) is 0 Å². The molecule has 0 heterocycles. The summed E-state index contributed by atoms with van der Waals surface area (Å²) >= 11 is 0. The molecule has 0 fully saturated rings. The van der Waals surface area contributed by atoms with Crippen LogP contribution in [0.3, 0.4) is 0 Å². The van der Waals surface area contributed by atoms with Crippen molar-refractivity contribution in [3.8, 4) is 0 Å². The molecule has 0 radical (unpaired) electrons. The van der Waals surface area contributed by atoms with E-state index >= 15 is 0 Å². The summed E-state index contributed by atoms with van der Waals surface area (Å²) in [6.07, 6.45) is 2.14. The van der Waals surface area contributed by atoms with Crippen LogP contribution in [0.25, 0.3) is 5.76 Å². The van der Waals surface area contributed by atoms with Crippen LogP contribution in [0.1, 0.15) is 12.0 Å². The lowest BCUT2D eigenvalue weighted by molar-refractivity contribution is -0.177. The van der Waals surface area contributed by atoms with Gasteiger partial charge in [0, 0.05) is 17.6 Å². The summed E-state index contributed by atoms with van der Waals surface area (Å²) in [6, 6.07) is 8.72. The molecule has 17 heavy (non-hydrogen) atoms. The number of ketones is 1. The first kappa shape index (κ1) is 11.6. The Bertz CT molecular complexity index is 497. The SMILES string of the molecule is O=C1C=CC(=C(O)c2ccccc2)CC1(O)O. The van der Waals surface area contributed by atoms with Crippen molar-refractivity contribution in [2.75, 3.05) is 0 Å². The van der Waals surface area contributed by atoms with E-state index in [-0.39, 0.29) is 12.2 Å². The molecule has 4 heteroatoms. The third-order valence-corrected chi connectivity index (χ3v) is 2.62. The molecule has 1 aromatic carbocycles. The fourth-order valence-electron chi connectivity index (χ4n) is 1.67. The molecule has 0 aliphatic heterocycles. The van der Waals surface area contributed by atoms with Crippen LogP contribution in [0.5, 0.6) is 0 Å². The van der Waals surface area contributed by atoms with Gasteiger partial charge in [-0.2, -0.15) is 0 Å². The van der Waals surface area contributed by atoms with Gasteiger partial charge in [-0.25, -0.2) is 0 Å². The molecule has 0 amide bonds. The third kappa shape index (κ3) is 2.27. The topological polar surface area (TPSA) is 77.8 Å². The molecular weight excluding hydrogens is 220 g/mol. The molecule has 0 aromatic heterocycles. The average Bonchev–Trinajstić information content (AvgIpc) is 2.33. The lowest BCUT2D eigenvalue weighted by atomic mass is 9.92. The number of aliphatic hydroxyl groups excluding tert-OH is 1. The molecule has 0 saturated carbocycles. The van der Waals surface area contributed by atoms with Crippen molar-refractivity contribution in [3.63, 3.8) is 0 Å². The Morgan fingerprint density at radius 3 is 2.35 bits per heavy atom. The molecule has 0 saturated heterocycles. The van der Waals surface area contributed by atoms with Gasteiger partial charge in [0.15, 0.2) is 0 Å². The Morgan fingerprint density at radius 2 is 1.76 bits per heavy atom. The van der Waals surface area contributed by atoms with Crippen LogP contribution < -0.4 is 0 Å². The average molecular weight is 232 g/mol. The molecule has 3 N–H and O–H groups in total. The Balaban J connectivity index is 2.41. The predicted molar refractivity (Wildman–Crippen MR) is 61.9 cm³/mol. The van der Waals surface area contributed by atoms with Crippen molar-refractivity contribution in [3.05, 3.63) is 53.6 Å². The van der Waals surface area contributed by atoms with Crippen molar-refractivity contribution >= 4 is 11.5 Å². The smallest absolute Gasteiger partial charge is 0.232 e. The van der Waals surface area contributed by atoms with E-state index in [0.29, 0.717) is 11.1 Å². The van der Waals surface area contributed by atoms with Crippen molar-refractivity contribution in [1.82, 2.24) is 0 Å². The molecular formula is C13H12O4. The molecule has 1 aromatic rings. The fraction of sp³-hybridized carbons (Fsp3) is 0.154. The first-order valence-corrected chi connectivity index (χ1v) is 5.15. The fourth-order valence-corrected chi connectivity index (χ4v) is 1.67. The van der Waals surface area contributed by atoms with Crippen LogP contribution in [0.2, 0.25) is 0 Å². The summed E-state index contributed by atoms with van der Waals surface area (Å²) in [7, 11) is 0. The highest BCUT2D eigenvalue weighted by Gasteiger charge is 2.35. The van der Waals surface area contributed by atoms with Gasteiger partial charge in [0.05, 0.1) is 0 Å². The summed E-state index contributed by atoms with van der Waals surface area (Å²) in [5.41, 5.74) is 0.887. The normalized spacial score (nSPS) is 21.4. The number of allylic oxidation sites excluding steroid dienone is 1. The van der Waals surface area contributed by atoms with Gasteiger partial charge in [-0.3, -0.25) is 4.79 Å². The number of hydrogen-bond acceptors (Lipinski definition) is 4. The molecule has 0 spiro atoms. The van der Waals surface area contributed by atoms with E-state index in [0.717, 1.165) is 6.08 Å². The second-order valence-corrected chi connectivity index (χ2v) is 3.93. The highest BCUT2D eigenvalue weighted by Crippen LogP contribution is 2.27. The summed E-state index contributed by atoms with van der Waals surface area (Å²) in [6.45, 7) is 0. The van der Waals surface area contributed by atoms with Gasteiger partial charge in [-0.1, -0.05) is 36.4 Å². The van der Waals surface area contributed by atoms with Gasteiger partial charge < -0.3 is 15.3 Å². The van der Waals surface area contributed by atoms with Crippen molar-refractivity contribution < 1.29 is 20.1 Å². The highest BCUT2D eigenvalue weighted by atomic mass is 16.5. The quantitative estimate of drug-likeness (QED) is 0.501. The maximum absolute atomic E-state index is 11.1. The van der Waals surface area contributed by atoms with E-state index < -0.39 is 11.6 Å². The maximum atomic E-state index is 11.1. The first-order chi connectivity index (χ1) is 8.00. The van der Waals surface area contributed by atoms with Crippen LogP contribution in [0, 0.1) is 0 Å². The van der Waals surface area contributed by atoms with Gasteiger partial charge in [0.25, 0.3) is 0 Å². The summed E-state index contributed by atoms with van der Waals surface area (Å²) in [4.78, 5) is 11.1. The Kier molecular flexibility index (Phi) is 2.83. The van der Waals surface area contributed by atoms with Crippen LogP contribution in [-0.2, 0) is 4.79 Å². The minimum absolute atomic E-state index is 0.0539. The number of carbonyl (C=O) groups is 1. The molecule has 0 unspecified atom stereocenters. The zero-order chi connectivity index (χ0) is 12.5. The minimum atomic E-state index is -2.42. The lowest BCUT2D eigenvalue weighted by Crippen LogP contribution is -2.39. The third-order valence-electron chi connectivity index (χ3n) is 2.62. The van der Waals surface area contributed by atoms with Gasteiger partial charge >= 0.3 is 0 Å². The monoisotopic (exact) mass is 232 g/mol. The second kappa shape index (κ2) is 4.16. The Morgan fingerprint density at radius 1 is 1.12 bits per heavy atom.